The quantitative estimate of drug-likeness (QED) is 0.219. The van der Waals surface area contributed by atoms with Gasteiger partial charge in [0, 0.05) is 45.2 Å². The Morgan fingerprint density at radius 1 is 0.865 bits per heavy atom. The topological polar surface area (TPSA) is 157 Å². The van der Waals surface area contributed by atoms with Crippen LogP contribution in [0.3, 0.4) is 0 Å². The first kappa shape index (κ1) is 22.4. The van der Waals surface area contributed by atoms with E-state index in [1.807, 2.05) is 36.4 Å². The fraction of sp³-hybridized carbons (Fsp3) is 0.259. The summed E-state index contributed by atoms with van der Waals surface area (Å²) in [5.74, 6) is -1.00. The lowest BCUT2D eigenvalue weighted by molar-refractivity contribution is -0.250. The van der Waals surface area contributed by atoms with Crippen LogP contribution < -0.4 is 5.32 Å². The van der Waals surface area contributed by atoms with E-state index in [1.54, 1.807) is 16.7 Å². The summed E-state index contributed by atoms with van der Waals surface area (Å²) in [7, 11) is 0. The number of H-pyrrole nitrogens is 1. The molecule has 4 aromatic rings. The molecule has 188 valence electrons. The highest BCUT2D eigenvalue weighted by Crippen LogP contribution is 2.47. The number of rotatable bonds is 2. The van der Waals surface area contributed by atoms with E-state index in [2.05, 4.69) is 10.3 Å². The maximum absolute atomic E-state index is 13.3. The third-order valence-corrected chi connectivity index (χ3v) is 7.69. The molecule has 2 aromatic carbocycles. The molecule has 1 fully saturated rings. The van der Waals surface area contributed by atoms with Crippen LogP contribution in [0.15, 0.2) is 48.5 Å². The summed E-state index contributed by atoms with van der Waals surface area (Å²) in [6.45, 7) is -0.568. The number of benzene rings is 2. The molecule has 2 aromatic heterocycles. The monoisotopic (exact) mass is 501 g/mol. The summed E-state index contributed by atoms with van der Waals surface area (Å²) >= 11 is 0. The molecule has 0 unspecified atom stereocenters. The first-order valence-electron chi connectivity index (χ1n) is 12.0. The van der Waals surface area contributed by atoms with Gasteiger partial charge in [-0.2, -0.15) is 0 Å². The van der Waals surface area contributed by atoms with Gasteiger partial charge >= 0.3 is 0 Å². The van der Waals surface area contributed by atoms with Crippen molar-refractivity contribution >= 4 is 44.8 Å². The van der Waals surface area contributed by atoms with Crippen LogP contribution in [-0.2, 0) is 20.7 Å². The van der Waals surface area contributed by atoms with E-state index in [0.29, 0.717) is 33.4 Å². The number of nitrogens with one attached hydrogen (secondary N) is 2. The van der Waals surface area contributed by atoms with Crippen LogP contribution >= 0.6 is 0 Å². The zero-order valence-corrected chi connectivity index (χ0v) is 19.4. The zero-order valence-electron chi connectivity index (χ0n) is 19.4. The van der Waals surface area contributed by atoms with Gasteiger partial charge in [-0.3, -0.25) is 14.9 Å². The van der Waals surface area contributed by atoms with Crippen LogP contribution in [0.1, 0.15) is 28.7 Å². The number of carbonyl (C=O) groups excluding carboxylic acids is 2. The van der Waals surface area contributed by atoms with Crippen molar-refractivity contribution in [3.05, 3.63) is 71.0 Å². The number of hydrogen-bond acceptors (Lipinski definition) is 7. The summed E-state index contributed by atoms with van der Waals surface area (Å²) < 4.78 is 7.66. The van der Waals surface area contributed by atoms with Gasteiger partial charge in [0.1, 0.15) is 24.4 Å². The van der Waals surface area contributed by atoms with Crippen LogP contribution in [0.4, 0.5) is 0 Å². The second-order valence-electron chi connectivity index (χ2n) is 9.66. The molecule has 10 heteroatoms. The Balaban J connectivity index is 1.57. The van der Waals surface area contributed by atoms with E-state index in [0.717, 1.165) is 10.9 Å². The normalized spacial score (nSPS) is 27.3. The van der Waals surface area contributed by atoms with Crippen molar-refractivity contribution in [2.45, 2.75) is 37.1 Å². The molecule has 2 aliphatic heterocycles. The molecule has 0 radical (unpaired) electrons. The van der Waals surface area contributed by atoms with Crippen molar-refractivity contribution in [2.75, 3.05) is 6.61 Å². The Kier molecular flexibility index (Phi) is 4.75. The molecule has 0 bridgehead atoms. The molecule has 6 N–H and O–H groups in total. The van der Waals surface area contributed by atoms with Gasteiger partial charge in [0.15, 0.2) is 6.23 Å². The molecule has 5 atom stereocenters. The molecule has 1 aliphatic carbocycles. The maximum Gasteiger partial charge on any atom is 0.259 e. The number of aromatic amines is 1. The van der Waals surface area contributed by atoms with E-state index >= 15 is 0 Å². The SMILES string of the molecule is O=C1NC(=O)C2=C1c1c([nH]c3ccccc13)Cc1c2c2ccccc2n1[C@H]1O[C@H](CO)[C@@H](O)[C@H](O)[C@@H]1O. The lowest BCUT2D eigenvalue weighted by atomic mass is 9.95. The summed E-state index contributed by atoms with van der Waals surface area (Å²) in [5, 5.41) is 45.6. The maximum atomic E-state index is 13.3. The van der Waals surface area contributed by atoms with Crippen LogP contribution in [0.5, 0.6) is 0 Å². The lowest BCUT2D eigenvalue weighted by Gasteiger charge is -2.41. The summed E-state index contributed by atoms with van der Waals surface area (Å²) in [6.07, 6.45) is -6.65. The molecule has 7 rings (SSSR count). The molecule has 37 heavy (non-hydrogen) atoms. The molecule has 0 spiro atoms. The number of para-hydroxylation sites is 2. The molecule has 10 nitrogen and oxygen atoms in total. The Morgan fingerprint density at radius 2 is 1.54 bits per heavy atom. The van der Waals surface area contributed by atoms with E-state index in [1.165, 1.54) is 0 Å². The van der Waals surface area contributed by atoms with Gasteiger partial charge in [-0.25, -0.2) is 0 Å². The number of ether oxygens (including phenoxy) is 1. The van der Waals surface area contributed by atoms with E-state index < -0.39 is 49.1 Å². The smallest absolute Gasteiger partial charge is 0.259 e. The average Bonchev–Trinajstić information content (AvgIpc) is 3.47. The largest absolute Gasteiger partial charge is 0.394 e. The highest BCUT2D eigenvalue weighted by atomic mass is 16.6. The Hall–Kier alpha value is -3.80. The summed E-state index contributed by atoms with van der Waals surface area (Å²) in [6, 6.07) is 14.8. The fourth-order valence-corrected chi connectivity index (χ4v) is 6.07. The van der Waals surface area contributed by atoms with E-state index in [9.17, 15) is 30.0 Å². The van der Waals surface area contributed by atoms with Crippen molar-refractivity contribution in [1.29, 1.82) is 0 Å². The molecule has 0 saturated carbocycles. The number of nitrogens with zero attached hydrogens (tertiary/aromatic N) is 1. The molecule has 3 aliphatic rings. The molecular formula is C27H23N3O7. The minimum Gasteiger partial charge on any atom is -0.394 e. The van der Waals surface area contributed by atoms with Gasteiger partial charge in [-0.15, -0.1) is 0 Å². The molecule has 1 saturated heterocycles. The van der Waals surface area contributed by atoms with Crippen LogP contribution in [0.25, 0.3) is 33.0 Å². The van der Waals surface area contributed by atoms with E-state index in [4.69, 9.17) is 4.74 Å². The predicted molar refractivity (Wildman–Crippen MR) is 132 cm³/mol. The van der Waals surface area contributed by atoms with Crippen molar-refractivity contribution in [3.63, 3.8) is 0 Å². The number of aromatic nitrogens is 2. The fourth-order valence-electron chi connectivity index (χ4n) is 6.07. The summed E-state index contributed by atoms with van der Waals surface area (Å²) in [5.41, 5.74) is 4.44. The van der Waals surface area contributed by atoms with Gasteiger partial charge in [0.25, 0.3) is 11.8 Å². The minimum atomic E-state index is -1.58. The van der Waals surface area contributed by atoms with Crippen LogP contribution in [0.2, 0.25) is 0 Å². The standard InChI is InChI=1S/C27H23N3O7/c31-10-17-22(32)23(33)24(34)27(37-17)30-15-8-4-2-6-12(15)19-16(30)9-14-18(11-5-1-3-7-13(11)28-14)20-21(19)26(36)29-25(20)35/h1-8,17,22-24,27-28,31-34H,9-10H2,(H,29,35,36)/t17-,22-,23+,24+,27+/m1/s1. The summed E-state index contributed by atoms with van der Waals surface area (Å²) in [4.78, 5) is 29.9. The number of hydrogen-bond donors (Lipinski definition) is 6. The molecule has 4 heterocycles. The van der Waals surface area contributed by atoms with Gasteiger partial charge < -0.3 is 34.7 Å². The first-order valence-corrected chi connectivity index (χ1v) is 12.0. The second-order valence-corrected chi connectivity index (χ2v) is 9.66. The second kappa shape index (κ2) is 7.85. The predicted octanol–water partition coefficient (Wildman–Crippen LogP) is 0.566. The Morgan fingerprint density at radius 3 is 2.30 bits per heavy atom. The van der Waals surface area contributed by atoms with Crippen molar-refractivity contribution < 1.29 is 34.8 Å². The zero-order chi connectivity index (χ0) is 25.6. The highest BCUT2D eigenvalue weighted by Gasteiger charge is 2.47. The third kappa shape index (κ3) is 2.93. The number of carbonyl (C=O) groups is 2. The number of aliphatic hydroxyl groups is 4. The lowest BCUT2D eigenvalue weighted by Crippen LogP contribution is -2.56. The number of aliphatic hydroxyl groups excluding tert-OH is 4. The van der Waals surface area contributed by atoms with Gasteiger partial charge in [0.2, 0.25) is 0 Å². The van der Waals surface area contributed by atoms with Gasteiger partial charge in [-0.05, 0) is 12.1 Å². The molecular weight excluding hydrogens is 478 g/mol. The van der Waals surface area contributed by atoms with E-state index in [-0.39, 0.29) is 17.6 Å². The minimum absolute atomic E-state index is 0.239. The van der Waals surface area contributed by atoms with Crippen molar-refractivity contribution in [3.8, 4) is 0 Å². The number of amides is 2. The molecule has 2 amide bonds. The van der Waals surface area contributed by atoms with Crippen molar-refractivity contribution in [1.82, 2.24) is 14.9 Å². The number of fused-ring (bicyclic) bond motifs is 8. The van der Waals surface area contributed by atoms with Gasteiger partial charge in [-0.1, -0.05) is 36.4 Å². The van der Waals surface area contributed by atoms with Crippen LogP contribution in [0, 0.1) is 0 Å². The van der Waals surface area contributed by atoms with Crippen LogP contribution in [-0.4, -0.2) is 72.8 Å². The first-order chi connectivity index (χ1) is 17.9. The number of imide groups is 1. The Labute approximate surface area is 209 Å². The Bertz CT molecular complexity index is 1660. The third-order valence-electron chi connectivity index (χ3n) is 7.69. The highest BCUT2D eigenvalue weighted by molar-refractivity contribution is 6.51. The van der Waals surface area contributed by atoms with Crippen molar-refractivity contribution in [2.24, 2.45) is 0 Å². The van der Waals surface area contributed by atoms with Gasteiger partial charge in [0.05, 0.1) is 23.3 Å². The average molecular weight is 501 g/mol.